The van der Waals surface area contributed by atoms with Gasteiger partial charge in [0.2, 0.25) is 7.41 Å². The van der Waals surface area contributed by atoms with Crippen LogP contribution in [0.4, 0.5) is 0 Å². The molecule has 3 heteroatoms. The Morgan fingerprint density at radius 1 is 1.71 bits per heavy atom. The van der Waals surface area contributed by atoms with E-state index < -0.39 is 0 Å². The number of hydrogen-bond donors (Lipinski definition) is 2. The second kappa shape index (κ2) is 2.33. The van der Waals surface area contributed by atoms with Crippen molar-refractivity contribution in [1.82, 2.24) is 5.32 Å². The van der Waals surface area contributed by atoms with Crippen molar-refractivity contribution in [1.29, 1.82) is 0 Å². The lowest BCUT2D eigenvalue weighted by molar-refractivity contribution is 0.784. The van der Waals surface area contributed by atoms with Gasteiger partial charge in [-0.25, -0.2) is 0 Å². The molecule has 0 aliphatic carbocycles. The molecule has 0 spiro atoms. The van der Waals surface area contributed by atoms with Gasteiger partial charge in [-0.1, -0.05) is 0 Å². The van der Waals surface area contributed by atoms with Gasteiger partial charge in [-0.05, 0) is 25.3 Å². The van der Waals surface area contributed by atoms with E-state index >= 15 is 0 Å². The van der Waals surface area contributed by atoms with E-state index in [1.807, 2.05) is 0 Å². The summed E-state index contributed by atoms with van der Waals surface area (Å²) in [6, 6.07) is 0. The van der Waals surface area contributed by atoms with Crippen molar-refractivity contribution in [2.24, 2.45) is 5.64 Å². The van der Waals surface area contributed by atoms with Crippen LogP contribution in [0.2, 0.25) is 0 Å². The predicted octanol–water partition coefficient (Wildman–Crippen LogP) is -0.994. The van der Waals surface area contributed by atoms with Gasteiger partial charge in [0.05, 0.1) is 0 Å². The second-order valence-corrected chi connectivity index (χ2v) is 2.03. The number of hydrogen-bond acceptors (Lipinski definition) is 2. The fourth-order valence-electron chi connectivity index (χ4n) is 0.958. The fraction of sp³-hybridized carbons (Fsp3) is 1.00. The van der Waals surface area contributed by atoms with Crippen LogP contribution in [0.5, 0.6) is 0 Å². The lowest BCUT2D eigenvalue weighted by atomic mass is 9.83. The summed E-state index contributed by atoms with van der Waals surface area (Å²) in [5.41, 5.74) is 5.37. The van der Waals surface area contributed by atoms with Crippen molar-refractivity contribution in [2.45, 2.75) is 18.8 Å². The molecule has 1 fully saturated rings. The summed E-state index contributed by atoms with van der Waals surface area (Å²) in [6.45, 7) is 1.17. The third-order valence-electron chi connectivity index (χ3n) is 1.45. The van der Waals surface area contributed by atoms with Crippen molar-refractivity contribution in [3.05, 3.63) is 0 Å². The second-order valence-electron chi connectivity index (χ2n) is 2.03. The lowest BCUT2D eigenvalue weighted by Gasteiger charge is -2.00. The van der Waals surface area contributed by atoms with Gasteiger partial charge in [0.25, 0.3) is 0 Å². The Bertz CT molecular complexity index is 51.7. The number of nitrogens with one attached hydrogen (secondary N) is 1. The van der Waals surface area contributed by atoms with Crippen LogP contribution in [0.1, 0.15) is 12.8 Å². The molecule has 0 saturated carbocycles. The maximum atomic E-state index is 5.37. The van der Waals surface area contributed by atoms with Crippen molar-refractivity contribution in [2.75, 3.05) is 6.54 Å². The van der Waals surface area contributed by atoms with E-state index in [4.69, 9.17) is 5.64 Å². The van der Waals surface area contributed by atoms with E-state index in [0.717, 1.165) is 7.41 Å². The van der Waals surface area contributed by atoms with Crippen LogP contribution in [-0.4, -0.2) is 19.9 Å². The molecule has 1 aliphatic rings. The maximum absolute atomic E-state index is 5.37. The van der Waals surface area contributed by atoms with Crippen molar-refractivity contribution >= 4 is 7.41 Å². The number of rotatable bonds is 1. The SMILES string of the molecule is NBC1CCCN1. The minimum absolute atomic E-state index is 0.625. The molecule has 7 heavy (non-hydrogen) atoms. The molecule has 1 atom stereocenters. The van der Waals surface area contributed by atoms with Gasteiger partial charge in [-0.15, -0.1) is 0 Å². The van der Waals surface area contributed by atoms with Crippen LogP contribution < -0.4 is 11.0 Å². The zero-order chi connectivity index (χ0) is 5.11. The summed E-state index contributed by atoms with van der Waals surface area (Å²) in [6.07, 6.45) is 2.58. The first-order valence-corrected chi connectivity index (χ1v) is 2.87. The quantitative estimate of drug-likeness (QED) is 0.413. The molecule has 2 nitrogen and oxygen atoms in total. The van der Waals surface area contributed by atoms with E-state index in [1.54, 1.807) is 0 Å². The first-order chi connectivity index (χ1) is 3.43. The van der Waals surface area contributed by atoms with E-state index in [2.05, 4.69) is 5.32 Å². The highest BCUT2D eigenvalue weighted by molar-refractivity contribution is 6.33. The maximum Gasteiger partial charge on any atom is 0.216 e. The normalized spacial score (nSPS) is 30.7. The van der Waals surface area contributed by atoms with E-state index in [-0.39, 0.29) is 0 Å². The molecule has 0 aromatic rings. The third-order valence-corrected chi connectivity index (χ3v) is 1.45. The van der Waals surface area contributed by atoms with Crippen LogP contribution in [0.3, 0.4) is 0 Å². The molecule has 0 aromatic heterocycles. The summed E-state index contributed by atoms with van der Waals surface area (Å²) in [5.74, 6) is 0.625. The molecule has 0 aromatic carbocycles. The van der Waals surface area contributed by atoms with Crippen molar-refractivity contribution in [3.8, 4) is 0 Å². The Kier molecular flexibility index (Phi) is 1.71. The molecular weight excluding hydrogens is 86.9 g/mol. The number of nitrogens with two attached hydrogens (primary N) is 1. The Morgan fingerprint density at radius 3 is 2.86 bits per heavy atom. The largest absolute Gasteiger partial charge is 0.372 e. The molecule has 1 rings (SSSR count). The predicted molar refractivity (Wildman–Crippen MR) is 32.4 cm³/mol. The molecule has 40 valence electrons. The molecule has 1 aliphatic heterocycles. The lowest BCUT2D eigenvalue weighted by Crippen LogP contribution is -2.33. The highest BCUT2D eigenvalue weighted by Crippen LogP contribution is 2.00. The van der Waals surface area contributed by atoms with E-state index in [1.165, 1.54) is 19.4 Å². The zero-order valence-corrected chi connectivity index (χ0v) is 4.48. The van der Waals surface area contributed by atoms with Crippen molar-refractivity contribution < 1.29 is 0 Å². The third kappa shape index (κ3) is 1.18. The fourth-order valence-corrected chi connectivity index (χ4v) is 0.958. The van der Waals surface area contributed by atoms with Gasteiger partial charge in [0.1, 0.15) is 0 Å². The van der Waals surface area contributed by atoms with Gasteiger partial charge >= 0.3 is 0 Å². The first-order valence-electron chi connectivity index (χ1n) is 2.87. The molecule has 0 amide bonds. The zero-order valence-electron chi connectivity index (χ0n) is 4.48. The first kappa shape index (κ1) is 5.13. The summed E-state index contributed by atoms with van der Waals surface area (Å²) < 4.78 is 0. The highest BCUT2D eigenvalue weighted by Gasteiger charge is 2.11. The van der Waals surface area contributed by atoms with Crippen molar-refractivity contribution in [3.63, 3.8) is 0 Å². The molecule has 3 N–H and O–H groups in total. The van der Waals surface area contributed by atoms with Gasteiger partial charge in [0.15, 0.2) is 0 Å². The minimum Gasteiger partial charge on any atom is -0.372 e. The molecule has 1 saturated heterocycles. The summed E-state index contributed by atoms with van der Waals surface area (Å²) in [4.78, 5) is 0. The van der Waals surface area contributed by atoms with Gasteiger partial charge in [-0.2, -0.15) is 0 Å². The van der Waals surface area contributed by atoms with Gasteiger partial charge in [-0.3, -0.25) is 0 Å². The average Bonchev–Trinajstić information content (AvgIpc) is 2.14. The van der Waals surface area contributed by atoms with Crippen LogP contribution in [-0.2, 0) is 0 Å². The Labute approximate surface area is 44.7 Å². The smallest absolute Gasteiger partial charge is 0.216 e. The summed E-state index contributed by atoms with van der Waals surface area (Å²) >= 11 is 0. The Hall–Kier alpha value is -0.0151. The van der Waals surface area contributed by atoms with Crippen LogP contribution >= 0.6 is 0 Å². The Morgan fingerprint density at radius 2 is 2.57 bits per heavy atom. The average molecular weight is 98.0 g/mol. The molecule has 0 radical (unpaired) electrons. The molecular formula is C4H11BN2. The minimum atomic E-state index is 0.625. The monoisotopic (exact) mass is 98.1 g/mol. The molecule has 0 bridgehead atoms. The van der Waals surface area contributed by atoms with E-state index in [9.17, 15) is 0 Å². The summed E-state index contributed by atoms with van der Waals surface area (Å²) in [5, 5.41) is 3.28. The Balaban J connectivity index is 2.14. The van der Waals surface area contributed by atoms with Gasteiger partial charge in [0, 0.05) is 0 Å². The van der Waals surface area contributed by atoms with Crippen LogP contribution in [0.25, 0.3) is 0 Å². The standard InChI is InChI=1S/C4H11BN2/c6-5-4-2-1-3-7-4/h4-5,7H,1-3,6H2. The molecule has 1 unspecified atom stereocenters. The summed E-state index contributed by atoms with van der Waals surface area (Å²) in [7, 11) is 0.806. The van der Waals surface area contributed by atoms with Gasteiger partial charge < -0.3 is 11.0 Å². The highest BCUT2D eigenvalue weighted by atomic mass is 14.9. The topological polar surface area (TPSA) is 38.0 Å². The van der Waals surface area contributed by atoms with E-state index in [0.29, 0.717) is 5.94 Å². The molecule has 1 heterocycles. The van der Waals surface area contributed by atoms with Crippen LogP contribution in [0, 0.1) is 0 Å². The van der Waals surface area contributed by atoms with Crippen LogP contribution in [0.15, 0.2) is 0 Å².